The summed E-state index contributed by atoms with van der Waals surface area (Å²) in [6, 6.07) is 9.41. The molecule has 1 atom stereocenters. The first-order chi connectivity index (χ1) is 8.56. The molecule has 1 unspecified atom stereocenters. The average molecular weight is 356 g/mol. The van der Waals surface area contributed by atoms with Crippen LogP contribution in [0.5, 0.6) is 0 Å². The molecule has 2 aromatic rings. The van der Waals surface area contributed by atoms with E-state index < -0.39 is 0 Å². The van der Waals surface area contributed by atoms with Crippen molar-refractivity contribution in [3.05, 3.63) is 57.2 Å². The highest BCUT2D eigenvalue weighted by Gasteiger charge is 2.08. The zero-order valence-electron chi connectivity index (χ0n) is 10.2. The standard InChI is InChI=1S/C14H14FIN2/c1-9-7-12(16)4-6-13(9)18-10(2)14-5-3-11(15)8-17-14/h3-8,10,18H,1-2H3. The van der Waals surface area contributed by atoms with Gasteiger partial charge in [0, 0.05) is 9.26 Å². The summed E-state index contributed by atoms with van der Waals surface area (Å²) in [5, 5.41) is 3.38. The molecule has 1 N–H and O–H groups in total. The van der Waals surface area contributed by atoms with Crippen LogP contribution in [0.25, 0.3) is 0 Å². The van der Waals surface area contributed by atoms with Crippen molar-refractivity contribution in [2.75, 3.05) is 5.32 Å². The van der Waals surface area contributed by atoms with Gasteiger partial charge < -0.3 is 5.32 Å². The Kier molecular flexibility index (Phi) is 4.16. The van der Waals surface area contributed by atoms with Crippen LogP contribution in [0.3, 0.4) is 0 Å². The first-order valence-electron chi connectivity index (χ1n) is 5.70. The Morgan fingerprint density at radius 1 is 1.28 bits per heavy atom. The summed E-state index contributed by atoms with van der Waals surface area (Å²) >= 11 is 2.29. The van der Waals surface area contributed by atoms with E-state index in [0.717, 1.165) is 11.4 Å². The molecule has 1 aromatic carbocycles. The van der Waals surface area contributed by atoms with Gasteiger partial charge in [-0.3, -0.25) is 4.98 Å². The van der Waals surface area contributed by atoms with Crippen LogP contribution >= 0.6 is 22.6 Å². The summed E-state index contributed by atoms with van der Waals surface area (Å²) in [4.78, 5) is 4.08. The van der Waals surface area contributed by atoms with E-state index in [2.05, 4.69) is 58.0 Å². The Morgan fingerprint density at radius 2 is 2.06 bits per heavy atom. The van der Waals surface area contributed by atoms with Crippen LogP contribution in [0.15, 0.2) is 36.5 Å². The second kappa shape index (κ2) is 5.65. The summed E-state index contributed by atoms with van der Waals surface area (Å²) in [7, 11) is 0. The summed E-state index contributed by atoms with van der Waals surface area (Å²) in [6.45, 7) is 4.08. The quantitative estimate of drug-likeness (QED) is 0.830. The lowest BCUT2D eigenvalue weighted by molar-refractivity contribution is 0.617. The van der Waals surface area contributed by atoms with E-state index in [1.165, 1.54) is 21.4 Å². The summed E-state index contributed by atoms with van der Waals surface area (Å²) in [5.74, 6) is -0.309. The maximum atomic E-state index is 12.8. The average Bonchev–Trinajstić information content (AvgIpc) is 2.33. The lowest BCUT2D eigenvalue weighted by Crippen LogP contribution is -2.09. The van der Waals surface area contributed by atoms with Crippen molar-refractivity contribution < 1.29 is 4.39 Å². The van der Waals surface area contributed by atoms with Gasteiger partial charge in [-0.2, -0.15) is 0 Å². The number of halogens is 2. The van der Waals surface area contributed by atoms with Crippen LogP contribution in [0.2, 0.25) is 0 Å². The minimum absolute atomic E-state index is 0.0457. The molecule has 1 aromatic heterocycles. The molecule has 4 heteroatoms. The number of nitrogens with zero attached hydrogens (tertiary/aromatic N) is 1. The molecule has 0 aliphatic heterocycles. The van der Waals surface area contributed by atoms with Crippen molar-refractivity contribution >= 4 is 28.3 Å². The van der Waals surface area contributed by atoms with E-state index >= 15 is 0 Å². The van der Waals surface area contributed by atoms with Gasteiger partial charge in [-0.15, -0.1) is 0 Å². The van der Waals surface area contributed by atoms with Crippen molar-refractivity contribution in [1.29, 1.82) is 0 Å². The molecule has 0 bridgehead atoms. The van der Waals surface area contributed by atoms with Gasteiger partial charge in [0.1, 0.15) is 5.82 Å². The largest absolute Gasteiger partial charge is 0.377 e. The first-order valence-corrected chi connectivity index (χ1v) is 6.78. The van der Waals surface area contributed by atoms with Gasteiger partial charge in [-0.05, 0) is 72.3 Å². The number of benzene rings is 1. The Labute approximate surface area is 120 Å². The molecular formula is C14H14FIN2. The summed E-state index contributed by atoms with van der Waals surface area (Å²) in [5.41, 5.74) is 3.10. The molecule has 0 saturated carbocycles. The molecule has 0 saturated heterocycles. The predicted molar refractivity (Wildman–Crippen MR) is 80.1 cm³/mol. The van der Waals surface area contributed by atoms with Crippen LogP contribution in [-0.2, 0) is 0 Å². The number of hydrogen-bond donors (Lipinski definition) is 1. The molecule has 0 radical (unpaired) electrons. The van der Waals surface area contributed by atoms with Crippen molar-refractivity contribution in [3.8, 4) is 0 Å². The topological polar surface area (TPSA) is 24.9 Å². The highest BCUT2D eigenvalue weighted by molar-refractivity contribution is 14.1. The number of nitrogens with one attached hydrogen (secondary N) is 1. The minimum Gasteiger partial charge on any atom is -0.377 e. The summed E-state index contributed by atoms with van der Waals surface area (Å²) < 4.78 is 14.0. The van der Waals surface area contributed by atoms with Gasteiger partial charge in [0.2, 0.25) is 0 Å². The van der Waals surface area contributed by atoms with Gasteiger partial charge in [0.05, 0.1) is 17.9 Å². The molecule has 18 heavy (non-hydrogen) atoms. The smallest absolute Gasteiger partial charge is 0.141 e. The fourth-order valence-electron chi connectivity index (χ4n) is 1.74. The van der Waals surface area contributed by atoms with E-state index in [-0.39, 0.29) is 11.9 Å². The fraction of sp³-hybridized carbons (Fsp3) is 0.214. The lowest BCUT2D eigenvalue weighted by atomic mass is 10.1. The summed E-state index contributed by atoms with van der Waals surface area (Å²) in [6.07, 6.45) is 1.24. The zero-order valence-corrected chi connectivity index (χ0v) is 12.4. The van der Waals surface area contributed by atoms with Gasteiger partial charge in [-0.25, -0.2) is 4.39 Å². The third-order valence-electron chi connectivity index (χ3n) is 2.75. The Hall–Kier alpha value is -1.17. The van der Waals surface area contributed by atoms with Crippen LogP contribution in [0.1, 0.15) is 24.2 Å². The molecule has 0 fully saturated rings. The van der Waals surface area contributed by atoms with Crippen molar-refractivity contribution in [2.24, 2.45) is 0 Å². The zero-order chi connectivity index (χ0) is 13.1. The first kappa shape index (κ1) is 13.3. The van der Waals surface area contributed by atoms with Gasteiger partial charge in [0.15, 0.2) is 0 Å². The number of anilines is 1. The maximum absolute atomic E-state index is 12.8. The van der Waals surface area contributed by atoms with Gasteiger partial charge in [-0.1, -0.05) is 0 Å². The maximum Gasteiger partial charge on any atom is 0.141 e. The van der Waals surface area contributed by atoms with Gasteiger partial charge in [0.25, 0.3) is 0 Å². The van der Waals surface area contributed by atoms with Crippen LogP contribution in [0.4, 0.5) is 10.1 Å². The molecule has 0 aliphatic carbocycles. The SMILES string of the molecule is Cc1cc(I)ccc1NC(C)c1ccc(F)cn1. The number of aromatic nitrogens is 1. The number of aryl methyl sites for hydroxylation is 1. The van der Waals surface area contributed by atoms with E-state index in [1.54, 1.807) is 6.07 Å². The normalized spacial score (nSPS) is 12.2. The molecule has 0 aliphatic rings. The van der Waals surface area contributed by atoms with Crippen molar-refractivity contribution in [2.45, 2.75) is 19.9 Å². The predicted octanol–water partition coefficient (Wildman–Crippen LogP) is 4.31. The monoisotopic (exact) mass is 356 g/mol. The number of rotatable bonds is 3. The minimum atomic E-state index is -0.309. The fourth-order valence-corrected chi connectivity index (χ4v) is 2.39. The lowest BCUT2D eigenvalue weighted by Gasteiger charge is -2.16. The van der Waals surface area contributed by atoms with Crippen LogP contribution in [-0.4, -0.2) is 4.98 Å². The van der Waals surface area contributed by atoms with Crippen LogP contribution in [0, 0.1) is 16.3 Å². The number of pyridine rings is 1. The molecule has 2 nitrogen and oxygen atoms in total. The van der Waals surface area contributed by atoms with Crippen molar-refractivity contribution in [3.63, 3.8) is 0 Å². The highest BCUT2D eigenvalue weighted by atomic mass is 127. The molecule has 0 spiro atoms. The second-order valence-corrected chi connectivity index (χ2v) is 5.47. The Morgan fingerprint density at radius 3 is 2.67 bits per heavy atom. The van der Waals surface area contributed by atoms with Gasteiger partial charge >= 0.3 is 0 Å². The second-order valence-electron chi connectivity index (χ2n) is 4.23. The van der Waals surface area contributed by atoms with E-state index in [1.807, 2.05) is 6.92 Å². The molecule has 0 amide bonds. The highest BCUT2D eigenvalue weighted by Crippen LogP contribution is 2.22. The molecule has 2 rings (SSSR count). The third-order valence-corrected chi connectivity index (χ3v) is 3.43. The van der Waals surface area contributed by atoms with Crippen molar-refractivity contribution in [1.82, 2.24) is 4.98 Å². The van der Waals surface area contributed by atoms with E-state index in [9.17, 15) is 4.39 Å². The third kappa shape index (κ3) is 3.19. The molecule has 94 valence electrons. The Bertz CT molecular complexity index is 540. The number of hydrogen-bond acceptors (Lipinski definition) is 2. The van der Waals surface area contributed by atoms with Crippen LogP contribution < -0.4 is 5.32 Å². The Balaban J connectivity index is 2.15. The van der Waals surface area contributed by atoms with E-state index in [4.69, 9.17) is 0 Å². The molecule has 1 heterocycles. The molecular weight excluding hydrogens is 342 g/mol. The van der Waals surface area contributed by atoms with E-state index in [0.29, 0.717) is 0 Å².